The average molecular weight is 251 g/mol. The van der Waals surface area contributed by atoms with Crippen LogP contribution in [0.3, 0.4) is 0 Å². The second kappa shape index (κ2) is 4.50. The lowest BCUT2D eigenvalue weighted by Crippen LogP contribution is -2.21. The van der Waals surface area contributed by atoms with Crippen LogP contribution in [0, 0.1) is 0 Å². The van der Waals surface area contributed by atoms with E-state index in [-0.39, 0.29) is 0 Å². The summed E-state index contributed by atoms with van der Waals surface area (Å²) in [5.41, 5.74) is 4.26. The quantitative estimate of drug-likeness (QED) is 0.704. The number of rotatable bonds is 3. The number of carboxylic acid groups (broad SMARTS) is 1. The predicted molar refractivity (Wildman–Crippen MR) is 50.1 cm³/mol. The highest BCUT2D eigenvalue weighted by atomic mass is 19.4. The Morgan fingerprint density at radius 2 is 2.00 bits per heavy atom. The minimum atomic E-state index is -5.03. The Labute approximate surface area is 93.2 Å². The van der Waals surface area contributed by atoms with Crippen LogP contribution in [0.25, 0.3) is 0 Å². The van der Waals surface area contributed by atoms with Crippen LogP contribution in [0.1, 0.15) is 11.7 Å². The number of hydrogen-bond acceptors (Lipinski definition) is 4. The molecule has 1 unspecified atom stereocenters. The van der Waals surface area contributed by atoms with Gasteiger partial charge >= 0.3 is 12.3 Å². The van der Waals surface area contributed by atoms with Crippen molar-refractivity contribution in [1.29, 1.82) is 0 Å². The van der Waals surface area contributed by atoms with Crippen LogP contribution < -0.4 is 10.5 Å². The van der Waals surface area contributed by atoms with Crippen LogP contribution >= 0.6 is 0 Å². The van der Waals surface area contributed by atoms with Gasteiger partial charge < -0.3 is 20.7 Å². The molecule has 8 heteroatoms. The molecule has 0 bridgehead atoms. The van der Waals surface area contributed by atoms with Gasteiger partial charge in [-0.25, -0.2) is 4.79 Å². The number of carbonyl (C=O) groups is 1. The highest BCUT2D eigenvalue weighted by Gasteiger charge is 2.34. The summed E-state index contributed by atoms with van der Waals surface area (Å²) in [4.78, 5) is 10.5. The van der Waals surface area contributed by atoms with E-state index in [4.69, 9.17) is 10.8 Å². The lowest BCUT2D eigenvalue weighted by atomic mass is 10.1. The van der Waals surface area contributed by atoms with Gasteiger partial charge in [0.05, 0.1) is 5.69 Å². The van der Waals surface area contributed by atoms with Crippen molar-refractivity contribution in [2.75, 3.05) is 5.73 Å². The van der Waals surface area contributed by atoms with Crippen LogP contribution in [-0.4, -0.2) is 22.5 Å². The second-order valence-corrected chi connectivity index (χ2v) is 3.05. The molecule has 1 rings (SSSR count). The number of benzene rings is 1. The van der Waals surface area contributed by atoms with Crippen LogP contribution in [0.5, 0.6) is 5.75 Å². The topological polar surface area (TPSA) is 92.8 Å². The molecule has 0 saturated carbocycles. The Balaban J connectivity index is 3.22. The fraction of sp³-hybridized carbons (Fsp3) is 0.222. The van der Waals surface area contributed by atoms with Gasteiger partial charge in [0, 0.05) is 5.56 Å². The number of carboxylic acids is 1. The van der Waals surface area contributed by atoms with Crippen molar-refractivity contribution in [1.82, 2.24) is 0 Å². The zero-order valence-corrected chi connectivity index (χ0v) is 8.23. The van der Waals surface area contributed by atoms with Gasteiger partial charge in [0.15, 0.2) is 11.9 Å². The maximum atomic E-state index is 12.1. The number of alkyl halides is 3. The van der Waals surface area contributed by atoms with Crippen molar-refractivity contribution in [3.63, 3.8) is 0 Å². The van der Waals surface area contributed by atoms with Crippen molar-refractivity contribution in [2.24, 2.45) is 0 Å². The molecule has 1 aromatic carbocycles. The van der Waals surface area contributed by atoms with Crippen LogP contribution in [0.15, 0.2) is 18.2 Å². The number of para-hydroxylation sites is 1. The first-order valence-electron chi connectivity index (χ1n) is 4.27. The molecule has 0 aromatic heterocycles. The highest BCUT2D eigenvalue weighted by Crippen LogP contribution is 2.35. The Hall–Kier alpha value is -1.96. The zero-order valence-electron chi connectivity index (χ0n) is 8.23. The molecule has 94 valence electrons. The monoisotopic (exact) mass is 251 g/mol. The van der Waals surface area contributed by atoms with Crippen LogP contribution in [0.4, 0.5) is 18.9 Å². The van der Waals surface area contributed by atoms with Crippen molar-refractivity contribution in [3.8, 4) is 5.75 Å². The lowest BCUT2D eigenvalue weighted by molar-refractivity contribution is -0.274. The Kier molecular flexibility index (Phi) is 3.47. The largest absolute Gasteiger partial charge is 0.573 e. The summed E-state index contributed by atoms with van der Waals surface area (Å²) in [7, 11) is 0. The molecular formula is C9H8F3NO4. The van der Waals surface area contributed by atoms with Crippen LogP contribution in [0.2, 0.25) is 0 Å². The van der Waals surface area contributed by atoms with E-state index in [2.05, 4.69) is 4.74 Å². The minimum absolute atomic E-state index is 0.417. The number of aliphatic hydroxyl groups excluding tert-OH is 1. The number of nitrogen functional groups attached to an aromatic ring is 1. The van der Waals surface area contributed by atoms with Crippen molar-refractivity contribution >= 4 is 11.7 Å². The van der Waals surface area contributed by atoms with Crippen molar-refractivity contribution in [3.05, 3.63) is 23.8 Å². The Morgan fingerprint density at radius 3 is 2.47 bits per heavy atom. The molecule has 5 nitrogen and oxygen atoms in total. The molecular weight excluding hydrogens is 243 g/mol. The van der Waals surface area contributed by atoms with Gasteiger partial charge in [-0.3, -0.25) is 0 Å². The summed E-state index contributed by atoms with van der Waals surface area (Å²) in [5, 5.41) is 17.7. The number of hydrogen-bond donors (Lipinski definition) is 3. The average Bonchev–Trinajstić information content (AvgIpc) is 2.18. The van der Waals surface area contributed by atoms with Gasteiger partial charge in [0.2, 0.25) is 0 Å². The summed E-state index contributed by atoms with van der Waals surface area (Å²) >= 11 is 0. The number of aliphatic hydroxyl groups is 1. The van der Waals surface area contributed by atoms with E-state index in [1.54, 1.807) is 0 Å². The molecule has 0 amide bonds. The fourth-order valence-electron chi connectivity index (χ4n) is 1.16. The summed E-state index contributed by atoms with van der Waals surface area (Å²) in [6.07, 6.45) is -7.17. The number of ether oxygens (including phenoxy) is 1. The highest BCUT2D eigenvalue weighted by molar-refractivity contribution is 5.76. The van der Waals surface area contributed by atoms with E-state index in [1.165, 1.54) is 6.07 Å². The molecule has 1 aromatic rings. The summed E-state index contributed by atoms with van der Waals surface area (Å²) < 4.78 is 39.8. The Bertz CT molecular complexity index is 433. The lowest BCUT2D eigenvalue weighted by Gasteiger charge is -2.16. The van der Waals surface area contributed by atoms with Gasteiger partial charge in [0.25, 0.3) is 0 Å². The molecule has 0 saturated heterocycles. The number of anilines is 1. The van der Waals surface area contributed by atoms with Gasteiger partial charge in [-0.15, -0.1) is 13.2 Å². The second-order valence-electron chi connectivity index (χ2n) is 3.05. The molecule has 0 aliphatic carbocycles. The first-order valence-corrected chi connectivity index (χ1v) is 4.27. The van der Waals surface area contributed by atoms with E-state index in [1.807, 2.05) is 0 Å². The molecule has 17 heavy (non-hydrogen) atoms. The molecule has 0 heterocycles. The van der Waals surface area contributed by atoms with Gasteiger partial charge in [0.1, 0.15) is 0 Å². The zero-order chi connectivity index (χ0) is 13.2. The number of halogens is 3. The number of nitrogens with two attached hydrogens (primary N) is 1. The van der Waals surface area contributed by atoms with E-state index < -0.39 is 35.4 Å². The molecule has 4 N–H and O–H groups in total. The van der Waals surface area contributed by atoms with E-state index in [0.717, 1.165) is 12.1 Å². The minimum Gasteiger partial charge on any atom is -0.479 e. The predicted octanol–water partition coefficient (Wildman–Crippen LogP) is 1.29. The fourth-order valence-corrected chi connectivity index (χ4v) is 1.16. The SMILES string of the molecule is Nc1cccc(C(O)C(=O)O)c1OC(F)(F)F. The molecule has 0 fully saturated rings. The molecule has 0 spiro atoms. The summed E-state index contributed by atoms with van der Waals surface area (Å²) in [6.45, 7) is 0. The van der Waals surface area contributed by atoms with Crippen LogP contribution in [-0.2, 0) is 4.79 Å². The van der Waals surface area contributed by atoms with Gasteiger partial charge in [-0.1, -0.05) is 12.1 Å². The standard InChI is InChI=1S/C9H8F3NO4/c10-9(11,12)17-7-4(6(14)8(15)16)2-1-3-5(7)13/h1-3,6,14H,13H2,(H,15,16). The Morgan fingerprint density at radius 1 is 1.41 bits per heavy atom. The third-order valence-corrected chi connectivity index (χ3v) is 1.82. The normalized spacial score (nSPS) is 13.2. The maximum absolute atomic E-state index is 12.1. The van der Waals surface area contributed by atoms with Crippen molar-refractivity contribution < 1.29 is 32.9 Å². The van der Waals surface area contributed by atoms with E-state index in [9.17, 15) is 23.1 Å². The van der Waals surface area contributed by atoms with E-state index in [0.29, 0.717) is 0 Å². The smallest absolute Gasteiger partial charge is 0.479 e. The molecule has 0 aliphatic heterocycles. The summed E-state index contributed by atoms with van der Waals surface area (Å²) in [6, 6.07) is 3.29. The van der Waals surface area contributed by atoms with Crippen molar-refractivity contribution in [2.45, 2.75) is 12.5 Å². The maximum Gasteiger partial charge on any atom is 0.573 e. The molecule has 0 radical (unpaired) electrons. The third kappa shape index (κ3) is 3.25. The van der Waals surface area contributed by atoms with E-state index >= 15 is 0 Å². The number of aliphatic carboxylic acids is 1. The molecule has 0 aliphatic rings. The third-order valence-electron chi connectivity index (χ3n) is 1.82. The van der Waals surface area contributed by atoms with Gasteiger partial charge in [-0.2, -0.15) is 0 Å². The van der Waals surface area contributed by atoms with Gasteiger partial charge in [-0.05, 0) is 6.07 Å². The first-order chi connectivity index (χ1) is 7.72. The molecule has 1 atom stereocenters. The first kappa shape index (κ1) is 13.1. The summed E-state index contributed by atoms with van der Waals surface area (Å²) in [5.74, 6) is -2.61.